The number of aromatic nitrogens is 4. The number of imidazole rings is 1. The Morgan fingerprint density at radius 2 is 1.23 bits per heavy atom. The van der Waals surface area contributed by atoms with E-state index in [0.29, 0.717) is 17.8 Å². The smallest absolute Gasteiger partial charge is 0.167 e. The maximum atomic E-state index is 10.9. The molecule has 0 bridgehead atoms. The lowest BCUT2D eigenvalue weighted by molar-refractivity contribution is -0.0609. The van der Waals surface area contributed by atoms with E-state index in [0.717, 1.165) is 12.8 Å². The second kappa shape index (κ2) is 21.8. The Morgan fingerprint density at radius 1 is 0.744 bits per heavy atom. The molecule has 0 aliphatic carbocycles. The van der Waals surface area contributed by atoms with Crippen LogP contribution in [0.25, 0.3) is 11.2 Å². The van der Waals surface area contributed by atoms with E-state index in [1.165, 1.54) is 141 Å². The van der Waals surface area contributed by atoms with Gasteiger partial charge in [-0.2, -0.15) is 0 Å². The monoisotopic (exact) mass is 603 g/mol. The summed E-state index contributed by atoms with van der Waals surface area (Å²) < 4.78 is 13.6. The molecule has 4 atom stereocenters. The van der Waals surface area contributed by atoms with Gasteiger partial charge in [0.15, 0.2) is 17.7 Å². The zero-order valence-electron chi connectivity index (χ0n) is 27.0. The fraction of sp³-hybridized carbons (Fsp3) is 0.853. The Labute approximate surface area is 260 Å². The van der Waals surface area contributed by atoms with Crippen molar-refractivity contribution in [1.82, 2.24) is 19.5 Å². The molecule has 0 aromatic carbocycles. The van der Waals surface area contributed by atoms with Crippen LogP contribution in [0.5, 0.6) is 0 Å². The van der Waals surface area contributed by atoms with Crippen molar-refractivity contribution in [3.8, 4) is 0 Å². The molecule has 3 heterocycles. The van der Waals surface area contributed by atoms with E-state index in [9.17, 15) is 10.2 Å². The summed E-state index contributed by atoms with van der Waals surface area (Å²) in [6.07, 6.45) is 29.9. The van der Waals surface area contributed by atoms with Gasteiger partial charge in [-0.15, -0.1) is 0 Å². The number of aliphatic hydroxyl groups excluding tert-OH is 2. The van der Waals surface area contributed by atoms with Gasteiger partial charge in [0.1, 0.15) is 30.2 Å². The Bertz CT molecular complexity index is 973. The molecule has 1 aliphatic rings. The highest BCUT2D eigenvalue weighted by Crippen LogP contribution is 2.33. The SMILES string of the molecule is CCCCCCCCCCCCCCCCCCCCCCCCOC1[C@@H](CO)O[C@@H](n2cnc3c(N)ncnc32)[C@H]1O. The minimum Gasteiger partial charge on any atom is -0.394 e. The molecule has 4 N–H and O–H groups in total. The van der Waals surface area contributed by atoms with Gasteiger partial charge in [0.2, 0.25) is 0 Å². The van der Waals surface area contributed by atoms with Crippen molar-refractivity contribution >= 4 is 17.0 Å². The average molecular weight is 604 g/mol. The van der Waals surface area contributed by atoms with Crippen LogP contribution in [0.4, 0.5) is 5.82 Å². The second-order valence-electron chi connectivity index (χ2n) is 12.6. The van der Waals surface area contributed by atoms with Crippen LogP contribution >= 0.6 is 0 Å². The molecule has 246 valence electrons. The molecule has 3 rings (SSSR count). The Morgan fingerprint density at radius 3 is 1.72 bits per heavy atom. The van der Waals surface area contributed by atoms with Crippen LogP contribution in [0.15, 0.2) is 12.7 Å². The van der Waals surface area contributed by atoms with E-state index in [2.05, 4.69) is 21.9 Å². The fourth-order valence-electron chi connectivity index (χ4n) is 6.29. The maximum absolute atomic E-state index is 10.9. The van der Waals surface area contributed by atoms with Crippen molar-refractivity contribution in [1.29, 1.82) is 0 Å². The third kappa shape index (κ3) is 12.6. The molecule has 2 aromatic heterocycles. The average Bonchev–Trinajstić information content (AvgIpc) is 3.58. The molecule has 1 fully saturated rings. The van der Waals surface area contributed by atoms with E-state index in [4.69, 9.17) is 15.2 Å². The predicted molar refractivity (Wildman–Crippen MR) is 174 cm³/mol. The zero-order chi connectivity index (χ0) is 30.5. The van der Waals surface area contributed by atoms with Gasteiger partial charge < -0.3 is 25.4 Å². The first kappa shape index (κ1) is 35.7. The van der Waals surface area contributed by atoms with E-state index in [-0.39, 0.29) is 12.4 Å². The number of unbranched alkanes of at least 4 members (excludes halogenated alkanes) is 21. The van der Waals surface area contributed by atoms with Gasteiger partial charge >= 0.3 is 0 Å². The van der Waals surface area contributed by atoms with Crippen molar-refractivity contribution in [2.45, 2.75) is 173 Å². The highest BCUT2D eigenvalue weighted by molar-refractivity contribution is 5.81. The molecule has 9 nitrogen and oxygen atoms in total. The molecular weight excluding hydrogens is 542 g/mol. The minimum absolute atomic E-state index is 0.235. The molecule has 0 saturated carbocycles. The van der Waals surface area contributed by atoms with Gasteiger partial charge in [-0.1, -0.05) is 142 Å². The lowest BCUT2D eigenvalue weighted by atomic mass is 10.0. The molecule has 1 unspecified atom stereocenters. The van der Waals surface area contributed by atoms with Gasteiger partial charge in [0, 0.05) is 6.61 Å². The summed E-state index contributed by atoms with van der Waals surface area (Å²) in [4.78, 5) is 12.4. The number of nitrogens with two attached hydrogens (primary N) is 1. The van der Waals surface area contributed by atoms with Gasteiger partial charge in [-0.25, -0.2) is 15.0 Å². The molecule has 43 heavy (non-hydrogen) atoms. The minimum atomic E-state index is -0.953. The van der Waals surface area contributed by atoms with Crippen LogP contribution in [-0.2, 0) is 9.47 Å². The van der Waals surface area contributed by atoms with Crippen LogP contribution in [0.2, 0.25) is 0 Å². The summed E-state index contributed by atoms with van der Waals surface area (Å²) in [7, 11) is 0. The second-order valence-corrected chi connectivity index (χ2v) is 12.6. The van der Waals surface area contributed by atoms with Crippen LogP contribution in [0, 0.1) is 0 Å². The number of rotatable bonds is 26. The molecule has 2 aromatic rings. The number of hydrogen-bond donors (Lipinski definition) is 3. The number of fused-ring (bicyclic) bond motifs is 1. The van der Waals surface area contributed by atoms with Gasteiger partial charge in [0.25, 0.3) is 0 Å². The quantitative estimate of drug-likeness (QED) is 0.0936. The highest BCUT2D eigenvalue weighted by atomic mass is 16.6. The predicted octanol–water partition coefficient (Wildman–Crippen LogP) is 7.65. The summed E-state index contributed by atoms with van der Waals surface area (Å²) in [6, 6.07) is 0. The molecule has 9 heteroatoms. The van der Waals surface area contributed by atoms with E-state index in [1.54, 1.807) is 4.57 Å². The lowest BCUT2D eigenvalue weighted by Crippen LogP contribution is -2.36. The van der Waals surface area contributed by atoms with Gasteiger partial charge in [-0.05, 0) is 6.42 Å². The largest absolute Gasteiger partial charge is 0.394 e. The van der Waals surface area contributed by atoms with Crippen LogP contribution < -0.4 is 5.73 Å². The number of nitrogen functional groups attached to an aromatic ring is 1. The molecule has 0 spiro atoms. The summed E-state index contributed by atoms with van der Waals surface area (Å²) in [5.41, 5.74) is 6.82. The Balaban J connectivity index is 1.11. The van der Waals surface area contributed by atoms with Crippen molar-refractivity contribution in [3.63, 3.8) is 0 Å². The molecule has 0 radical (unpaired) electrons. The van der Waals surface area contributed by atoms with Crippen LogP contribution in [0.1, 0.15) is 154 Å². The topological polar surface area (TPSA) is 129 Å². The number of nitrogens with zero attached hydrogens (tertiary/aromatic N) is 4. The van der Waals surface area contributed by atoms with E-state index in [1.807, 2.05) is 0 Å². The number of aliphatic hydroxyl groups is 2. The first-order valence-corrected chi connectivity index (χ1v) is 17.7. The lowest BCUT2D eigenvalue weighted by Gasteiger charge is -2.20. The Hall–Kier alpha value is -1.81. The number of anilines is 1. The summed E-state index contributed by atoms with van der Waals surface area (Å²) in [6.45, 7) is 2.59. The standard InChI is InChI=1S/C34H61N5O4/c1-2-3-4-5-6-7-8-9-10-11-12-13-14-15-16-17-18-19-20-21-22-23-24-42-31-28(25-40)43-34(30(31)41)39-27-38-29-32(35)36-26-37-33(29)39/h26-28,30-31,34,40-41H,2-25H2,1H3,(H2,35,36,37)/t28-,30+,31?,34-/m1/s1. The molecular formula is C34H61N5O4. The number of hydrogen-bond acceptors (Lipinski definition) is 8. The highest BCUT2D eigenvalue weighted by Gasteiger charge is 2.45. The van der Waals surface area contributed by atoms with Crippen LogP contribution in [-0.4, -0.2) is 61.3 Å². The Kier molecular flexibility index (Phi) is 18.1. The summed E-state index contributed by atoms with van der Waals surface area (Å²) in [5, 5.41) is 20.8. The first-order chi connectivity index (χ1) is 21.2. The van der Waals surface area contributed by atoms with E-state index >= 15 is 0 Å². The normalized spacial score (nSPS) is 20.4. The first-order valence-electron chi connectivity index (χ1n) is 17.7. The fourth-order valence-corrected chi connectivity index (χ4v) is 6.29. The van der Waals surface area contributed by atoms with Crippen molar-refractivity contribution in [3.05, 3.63) is 12.7 Å². The molecule has 1 aliphatic heterocycles. The van der Waals surface area contributed by atoms with Crippen molar-refractivity contribution in [2.24, 2.45) is 0 Å². The van der Waals surface area contributed by atoms with Gasteiger partial charge in [-0.3, -0.25) is 4.57 Å². The summed E-state index contributed by atoms with van der Waals surface area (Å²) in [5.74, 6) is 0.271. The third-order valence-corrected chi connectivity index (χ3v) is 8.96. The maximum Gasteiger partial charge on any atom is 0.167 e. The molecule has 1 saturated heterocycles. The molecule has 0 amide bonds. The van der Waals surface area contributed by atoms with E-state index < -0.39 is 24.5 Å². The third-order valence-electron chi connectivity index (χ3n) is 8.96. The van der Waals surface area contributed by atoms with Crippen LogP contribution in [0.3, 0.4) is 0 Å². The van der Waals surface area contributed by atoms with Crippen molar-refractivity contribution < 1.29 is 19.7 Å². The summed E-state index contributed by atoms with van der Waals surface area (Å²) >= 11 is 0. The number of ether oxygens (including phenoxy) is 2. The van der Waals surface area contributed by atoms with Gasteiger partial charge in [0.05, 0.1) is 12.9 Å². The zero-order valence-corrected chi connectivity index (χ0v) is 27.0. The van der Waals surface area contributed by atoms with Crippen molar-refractivity contribution in [2.75, 3.05) is 18.9 Å².